The molecule has 1 aromatic carbocycles. The summed E-state index contributed by atoms with van der Waals surface area (Å²) in [5.74, 6) is 0.472. The van der Waals surface area contributed by atoms with Crippen LogP contribution in [0, 0.1) is 12.8 Å². The van der Waals surface area contributed by atoms with E-state index in [1.54, 1.807) is 23.0 Å². The number of hydrogen-bond donors (Lipinski definition) is 2. The molecule has 1 amide bonds. The Morgan fingerprint density at radius 2 is 2.09 bits per heavy atom. The fourth-order valence-electron chi connectivity index (χ4n) is 2.30. The number of nitrogens with zero attached hydrogens (tertiary/aromatic N) is 2. The lowest BCUT2D eigenvalue weighted by atomic mass is 10.0. The van der Waals surface area contributed by atoms with Crippen LogP contribution in [0.4, 0.5) is 0 Å². The molecule has 1 aliphatic heterocycles. The second kappa shape index (κ2) is 7.13. The summed E-state index contributed by atoms with van der Waals surface area (Å²) in [4.78, 5) is 12.2. The Balaban J connectivity index is 0.00000176. The van der Waals surface area contributed by atoms with Gasteiger partial charge in [0.25, 0.3) is 5.91 Å². The van der Waals surface area contributed by atoms with Crippen molar-refractivity contribution in [1.82, 2.24) is 20.4 Å². The van der Waals surface area contributed by atoms with Crippen LogP contribution in [-0.4, -0.2) is 35.3 Å². The maximum Gasteiger partial charge on any atom is 0.254 e. The van der Waals surface area contributed by atoms with Crippen LogP contribution in [-0.2, 0) is 0 Å². The van der Waals surface area contributed by atoms with Gasteiger partial charge in [-0.05, 0) is 31.2 Å². The summed E-state index contributed by atoms with van der Waals surface area (Å²) < 4.78 is 1.75. The summed E-state index contributed by atoms with van der Waals surface area (Å²) >= 11 is 5.89. The molecule has 0 saturated carbocycles. The fourth-order valence-corrected chi connectivity index (χ4v) is 2.43. The summed E-state index contributed by atoms with van der Waals surface area (Å²) in [6.07, 6.45) is 1.61. The van der Waals surface area contributed by atoms with Gasteiger partial charge in [0, 0.05) is 30.6 Å². The molecule has 5 nitrogen and oxygen atoms in total. The molecule has 2 aromatic rings. The van der Waals surface area contributed by atoms with Crippen molar-refractivity contribution in [2.75, 3.05) is 19.6 Å². The topological polar surface area (TPSA) is 59.0 Å². The van der Waals surface area contributed by atoms with Crippen LogP contribution in [0.3, 0.4) is 0 Å². The highest BCUT2D eigenvalue weighted by Gasteiger charge is 2.19. The van der Waals surface area contributed by atoms with E-state index in [0.29, 0.717) is 23.0 Å². The van der Waals surface area contributed by atoms with Crippen LogP contribution < -0.4 is 10.6 Å². The van der Waals surface area contributed by atoms with E-state index in [4.69, 9.17) is 11.6 Å². The molecule has 22 heavy (non-hydrogen) atoms. The van der Waals surface area contributed by atoms with Gasteiger partial charge in [-0.15, -0.1) is 12.4 Å². The first kappa shape index (κ1) is 16.8. The first-order chi connectivity index (χ1) is 10.1. The van der Waals surface area contributed by atoms with E-state index in [1.807, 2.05) is 19.1 Å². The average Bonchev–Trinajstić information content (AvgIpc) is 2.80. The number of rotatable bonds is 4. The van der Waals surface area contributed by atoms with Crippen LogP contribution >= 0.6 is 24.0 Å². The van der Waals surface area contributed by atoms with Gasteiger partial charge in [0.15, 0.2) is 0 Å². The van der Waals surface area contributed by atoms with E-state index in [0.717, 1.165) is 24.5 Å². The molecule has 0 aliphatic carbocycles. The van der Waals surface area contributed by atoms with Crippen LogP contribution in [0.25, 0.3) is 5.69 Å². The molecule has 0 unspecified atom stereocenters. The zero-order chi connectivity index (χ0) is 14.8. The molecule has 7 heteroatoms. The van der Waals surface area contributed by atoms with Crippen LogP contribution in [0.5, 0.6) is 0 Å². The van der Waals surface area contributed by atoms with Gasteiger partial charge in [-0.2, -0.15) is 5.10 Å². The Bertz CT molecular complexity index is 650. The van der Waals surface area contributed by atoms with E-state index in [2.05, 4.69) is 15.7 Å². The molecule has 0 spiro atoms. The van der Waals surface area contributed by atoms with E-state index >= 15 is 0 Å². The van der Waals surface area contributed by atoms with Crippen molar-refractivity contribution in [3.63, 3.8) is 0 Å². The van der Waals surface area contributed by atoms with Crippen molar-refractivity contribution in [1.29, 1.82) is 0 Å². The Labute approximate surface area is 140 Å². The van der Waals surface area contributed by atoms with Crippen molar-refractivity contribution in [2.24, 2.45) is 5.92 Å². The molecule has 0 atom stereocenters. The summed E-state index contributed by atoms with van der Waals surface area (Å²) in [5.41, 5.74) is 2.32. The standard InChI is InChI=1S/C15H17ClN4O.ClH/c1-10-14(15(21)18-8-11-6-17-7-11)9-19-20(10)13-4-2-12(16)3-5-13;/h2-5,9,11,17H,6-8H2,1H3,(H,18,21);1H. The first-order valence-electron chi connectivity index (χ1n) is 6.94. The Morgan fingerprint density at radius 3 is 2.68 bits per heavy atom. The lowest BCUT2D eigenvalue weighted by Gasteiger charge is -2.27. The van der Waals surface area contributed by atoms with E-state index in [-0.39, 0.29) is 18.3 Å². The largest absolute Gasteiger partial charge is 0.352 e. The molecule has 118 valence electrons. The fraction of sp³-hybridized carbons (Fsp3) is 0.333. The highest BCUT2D eigenvalue weighted by molar-refractivity contribution is 6.30. The van der Waals surface area contributed by atoms with Gasteiger partial charge in [0.05, 0.1) is 23.1 Å². The second-order valence-electron chi connectivity index (χ2n) is 5.27. The molecule has 1 aromatic heterocycles. The predicted molar refractivity (Wildman–Crippen MR) is 89.3 cm³/mol. The second-order valence-corrected chi connectivity index (χ2v) is 5.70. The number of nitrogens with one attached hydrogen (secondary N) is 2. The number of halogens is 2. The lowest BCUT2D eigenvalue weighted by Crippen LogP contribution is -2.48. The normalized spacial score (nSPS) is 14.1. The van der Waals surface area contributed by atoms with Crippen LogP contribution in [0.1, 0.15) is 16.1 Å². The first-order valence-corrected chi connectivity index (χ1v) is 7.32. The van der Waals surface area contributed by atoms with Crippen LogP contribution in [0.15, 0.2) is 30.5 Å². The van der Waals surface area contributed by atoms with Gasteiger partial charge in [-0.3, -0.25) is 4.79 Å². The number of carbonyl (C=O) groups excluding carboxylic acids is 1. The third-order valence-corrected chi connectivity index (χ3v) is 3.99. The maximum atomic E-state index is 12.2. The van der Waals surface area contributed by atoms with Gasteiger partial charge in [-0.1, -0.05) is 11.6 Å². The average molecular weight is 341 g/mol. The highest BCUT2D eigenvalue weighted by atomic mass is 35.5. The number of hydrogen-bond acceptors (Lipinski definition) is 3. The molecular formula is C15H18Cl2N4O. The summed E-state index contributed by atoms with van der Waals surface area (Å²) in [6.45, 7) is 4.55. The minimum Gasteiger partial charge on any atom is -0.352 e. The smallest absolute Gasteiger partial charge is 0.254 e. The van der Waals surface area contributed by atoms with E-state index < -0.39 is 0 Å². The van der Waals surface area contributed by atoms with Gasteiger partial charge in [0.2, 0.25) is 0 Å². The van der Waals surface area contributed by atoms with Gasteiger partial charge < -0.3 is 10.6 Å². The van der Waals surface area contributed by atoms with Gasteiger partial charge in [0.1, 0.15) is 0 Å². The zero-order valence-electron chi connectivity index (χ0n) is 12.2. The van der Waals surface area contributed by atoms with Gasteiger partial charge in [-0.25, -0.2) is 4.68 Å². The van der Waals surface area contributed by atoms with E-state index in [1.165, 1.54) is 0 Å². The number of aromatic nitrogens is 2. The van der Waals surface area contributed by atoms with Crippen LogP contribution in [0.2, 0.25) is 5.02 Å². The highest BCUT2D eigenvalue weighted by Crippen LogP contribution is 2.17. The number of carbonyl (C=O) groups is 1. The third-order valence-electron chi connectivity index (χ3n) is 3.74. The van der Waals surface area contributed by atoms with Crippen molar-refractivity contribution < 1.29 is 4.79 Å². The lowest BCUT2D eigenvalue weighted by molar-refractivity contribution is 0.0941. The molecule has 2 N–H and O–H groups in total. The monoisotopic (exact) mass is 340 g/mol. The van der Waals surface area contributed by atoms with Gasteiger partial charge >= 0.3 is 0 Å². The number of benzene rings is 1. The SMILES string of the molecule is Cc1c(C(=O)NCC2CNC2)cnn1-c1ccc(Cl)cc1.Cl. The van der Waals surface area contributed by atoms with Crippen molar-refractivity contribution >= 4 is 29.9 Å². The maximum absolute atomic E-state index is 12.2. The van der Waals surface area contributed by atoms with Crippen molar-refractivity contribution in [2.45, 2.75) is 6.92 Å². The quantitative estimate of drug-likeness (QED) is 0.896. The Hall–Kier alpha value is -1.56. The molecule has 0 radical (unpaired) electrons. The third kappa shape index (κ3) is 3.43. The molecular weight excluding hydrogens is 323 g/mol. The van der Waals surface area contributed by atoms with Crippen molar-refractivity contribution in [3.8, 4) is 5.69 Å². The summed E-state index contributed by atoms with van der Waals surface area (Å²) in [6, 6.07) is 7.37. The van der Waals surface area contributed by atoms with E-state index in [9.17, 15) is 4.79 Å². The Morgan fingerprint density at radius 1 is 1.41 bits per heavy atom. The zero-order valence-corrected chi connectivity index (χ0v) is 13.7. The molecule has 3 rings (SSSR count). The number of amides is 1. The molecule has 1 aliphatic rings. The molecule has 2 heterocycles. The molecule has 0 bridgehead atoms. The predicted octanol–water partition coefficient (Wildman–Crippen LogP) is 2.21. The minimum absolute atomic E-state index is 0. The molecule has 1 saturated heterocycles. The summed E-state index contributed by atoms with van der Waals surface area (Å²) in [5, 5.41) is 11.1. The van der Waals surface area contributed by atoms with Crippen molar-refractivity contribution in [3.05, 3.63) is 46.7 Å². The molecule has 1 fully saturated rings. The Kier molecular flexibility index (Phi) is 5.45. The summed E-state index contributed by atoms with van der Waals surface area (Å²) in [7, 11) is 0. The minimum atomic E-state index is -0.0698.